The van der Waals surface area contributed by atoms with E-state index in [0.717, 1.165) is 17.7 Å². The summed E-state index contributed by atoms with van der Waals surface area (Å²) in [5, 5.41) is 17.9. The molecule has 4 aromatic rings. The van der Waals surface area contributed by atoms with Gasteiger partial charge in [0, 0.05) is 44.7 Å². The summed E-state index contributed by atoms with van der Waals surface area (Å²) in [6.45, 7) is 6.74. The van der Waals surface area contributed by atoms with Crippen molar-refractivity contribution in [2.45, 2.75) is 84.5 Å². The van der Waals surface area contributed by atoms with Crippen molar-refractivity contribution in [3.63, 3.8) is 0 Å². The van der Waals surface area contributed by atoms with E-state index in [1.807, 2.05) is 54.8 Å². The third kappa shape index (κ3) is 9.98. The molecule has 0 saturated heterocycles. The molecule has 2 aromatic carbocycles. The normalized spacial score (nSPS) is 11.8. The van der Waals surface area contributed by atoms with Crippen LogP contribution in [0, 0.1) is 0 Å². The third-order valence-electron chi connectivity index (χ3n) is 8.31. The molecule has 0 bridgehead atoms. The van der Waals surface area contributed by atoms with Crippen LogP contribution in [0.3, 0.4) is 0 Å². The lowest BCUT2D eigenvalue weighted by molar-refractivity contribution is -0.139. The number of nitrogens with two attached hydrogens (primary N) is 1. The minimum Gasteiger partial charge on any atom is -0.481 e. The molecular formula is C36H48N8O6. The lowest BCUT2D eigenvalue weighted by Gasteiger charge is -2.17. The van der Waals surface area contributed by atoms with Gasteiger partial charge in [-0.05, 0) is 62.0 Å². The molecule has 0 fully saturated rings. The Morgan fingerprint density at radius 3 is 2.38 bits per heavy atom. The zero-order valence-corrected chi connectivity index (χ0v) is 28.8. The summed E-state index contributed by atoms with van der Waals surface area (Å²) >= 11 is 0. The van der Waals surface area contributed by atoms with Crippen molar-refractivity contribution in [2.75, 3.05) is 25.0 Å². The highest BCUT2D eigenvalue weighted by Gasteiger charge is 2.24. The van der Waals surface area contributed by atoms with Crippen LogP contribution in [0.1, 0.15) is 62.9 Å². The molecule has 0 aliphatic carbocycles. The molecule has 1 atom stereocenters. The maximum Gasteiger partial charge on any atom is 0.332 e. The van der Waals surface area contributed by atoms with Crippen LogP contribution < -0.4 is 32.9 Å². The first-order valence-electron chi connectivity index (χ1n) is 17.2. The van der Waals surface area contributed by atoms with Crippen LogP contribution in [0.5, 0.6) is 0 Å². The van der Waals surface area contributed by atoms with E-state index in [0.29, 0.717) is 74.4 Å². The second-order valence-corrected chi connectivity index (χ2v) is 12.2. The molecular weight excluding hydrogens is 640 g/mol. The lowest BCUT2D eigenvalue weighted by atomic mass is 10.1. The number of fused-ring (bicyclic) bond motifs is 1. The Morgan fingerprint density at radius 1 is 0.920 bits per heavy atom. The van der Waals surface area contributed by atoms with Gasteiger partial charge < -0.3 is 31.4 Å². The highest BCUT2D eigenvalue weighted by Crippen LogP contribution is 2.18. The molecule has 14 heteroatoms. The van der Waals surface area contributed by atoms with Gasteiger partial charge in [-0.2, -0.15) is 0 Å². The Hall–Kier alpha value is -5.08. The predicted molar refractivity (Wildman–Crippen MR) is 192 cm³/mol. The van der Waals surface area contributed by atoms with Crippen LogP contribution in [-0.2, 0) is 46.9 Å². The lowest BCUT2D eigenvalue weighted by Crippen LogP contribution is -2.45. The average molecular weight is 689 g/mol. The Kier molecular flexibility index (Phi) is 14.1. The quantitative estimate of drug-likeness (QED) is 0.0866. The van der Waals surface area contributed by atoms with Gasteiger partial charge in [-0.1, -0.05) is 56.3 Å². The first-order valence-corrected chi connectivity index (χ1v) is 17.2. The topological polar surface area (TPSA) is 195 Å². The van der Waals surface area contributed by atoms with Gasteiger partial charge >= 0.3 is 11.7 Å². The summed E-state index contributed by atoms with van der Waals surface area (Å²) in [7, 11) is 0. The average Bonchev–Trinajstić information content (AvgIpc) is 3.44. The highest BCUT2D eigenvalue weighted by molar-refractivity contribution is 5.99. The van der Waals surface area contributed by atoms with Gasteiger partial charge in [0.1, 0.15) is 11.9 Å². The molecule has 6 N–H and O–H groups in total. The minimum atomic E-state index is -1.26. The number of imidazole rings is 1. The second kappa shape index (κ2) is 18.6. The largest absolute Gasteiger partial charge is 0.481 e. The molecule has 1 unspecified atom stereocenters. The summed E-state index contributed by atoms with van der Waals surface area (Å²) < 4.78 is 4.76. The molecule has 2 amide bonds. The maximum atomic E-state index is 13.8. The van der Waals surface area contributed by atoms with Crippen LogP contribution >= 0.6 is 0 Å². The first kappa shape index (κ1) is 37.7. The molecule has 2 heterocycles. The summed E-state index contributed by atoms with van der Waals surface area (Å²) in [5.74, 6) is -1.62. The number of aromatic nitrogens is 4. The van der Waals surface area contributed by atoms with E-state index >= 15 is 0 Å². The smallest absolute Gasteiger partial charge is 0.332 e. The Labute approximate surface area is 290 Å². The molecule has 0 saturated carbocycles. The number of aryl methyl sites for hydroxylation is 2. The Morgan fingerprint density at radius 2 is 1.68 bits per heavy atom. The molecule has 14 nitrogen and oxygen atoms in total. The van der Waals surface area contributed by atoms with E-state index < -0.39 is 35.9 Å². The van der Waals surface area contributed by atoms with Crippen LogP contribution in [-0.4, -0.2) is 67.3 Å². The summed E-state index contributed by atoms with van der Waals surface area (Å²) in [6.07, 6.45) is 2.19. The van der Waals surface area contributed by atoms with Gasteiger partial charge in [-0.3, -0.25) is 28.3 Å². The van der Waals surface area contributed by atoms with Gasteiger partial charge in [0.25, 0.3) is 5.56 Å². The molecule has 50 heavy (non-hydrogen) atoms. The number of carboxylic acids is 1. The summed E-state index contributed by atoms with van der Waals surface area (Å²) in [5.41, 5.74) is 7.63. The van der Waals surface area contributed by atoms with Gasteiger partial charge in [0.05, 0.1) is 6.42 Å². The molecule has 0 aliphatic rings. The van der Waals surface area contributed by atoms with E-state index in [4.69, 9.17) is 10.7 Å². The van der Waals surface area contributed by atoms with Crippen LogP contribution in [0.4, 0.5) is 5.69 Å². The fraction of sp³-hybridized carbons (Fsp3) is 0.444. The number of nitrogens with zero attached hydrogens (tertiary/aromatic N) is 4. The van der Waals surface area contributed by atoms with Crippen LogP contribution in [0.25, 0.3) is 11.2 Å². The molecule has 268 valence electrons. The van der Waals surface area contributed by atoms with E-state index in [1.54, 1.807) is 22.8 Å². The second-order valence-electron chi connectivity index (χ2n) is 12.2. The molecule has 0 spiro atoms. The van der Waals surface area contributed by atoms with Crippen molar-refractivity contribution >= 4 is 34.6 Å². The SMILES string of the molecule is CCCn1c(=O)c2c(nc(Cc3ccccc3)n2CCNCC)n(CCc2cccc(NC(=O)C(CC(=O)O)NC(=O)CCCCN)c2)c1=O. The monoisotopic (exact) mass is 688 g/mol. The number of likely N-dealkylation sites (N-methyl/N-ethyl adjacent to an activating group) is 1. The Bertz CT molecular complexity index is 1880. The highest BCUT2D eigenvalue weighted by atomic mass is 16.4. The number of anilines is 1. The molecule has 2 aromatic heterocycles. The number of unbranched alkanes of at least 4 members (excludes halogenated alkanes) is 1. The van der Waals surface area contributed by atoms with E-state index in [9.17, 15) is 29.1 Å². The van der Waals surface area contributed by atoms with E-state index in [2.05, 4.69) is 16.0 Å². The number of amides is 2. The maximum absolute atomic E-state index is 13.8. The number of carbonyl (C=O) groups is 3. The molecule has 0 aliphatic heterocycles. The zero-order chi connectivity index (χ0) is 36.0. The van der Waals surface area contributed by atoms with Gasteiger partial charge in [0.15, 0.2) is 11.2 Å². The van der Waals surface area contributed by atoms with Gasteiger partial charge in [-0.15, -0.1) is 0 Å². The number of hydrogen-bond donors (Lipinski definition) is 5. The van der Waals surface area contributed by atoms with E-state index in [1.165, 1.54) is 4.57 Å². The number of rotatable bonds is 20. The zero-order valence-electron chi connectivity index (χ0n) is 28.8. The van der Waals surface area contributed by atoms with Crippen molar-refractivity contribution in [2.24, 2.45) is 5.73 Å². The van der Waals surface area contributed by atoms with Gasteiger partial charge in [-0.25, -0.2) is 9.78 Å². The first-order chi connectivity index (χ1) is 24.2. The Balaban J connectivity index is 1.63. The number of hydrogen-bond acceptors (Lipinski definition) is 8. The summed E-state index contributed by atoms with van der Waals surface area (Å²) in [6, 6.07) is 15.6. The predicted octanol–water partition coefficient (Wildman–Crippen LogP) is 2.24. The van der Waals surface area contributed by atoms with Crippen LogP contribution in [0.15, 0.2) is 64.2 Å². The van der Waals surface area contributed by atoms with Crippen molar-refractivity contribution in [1.29, 1.82) is 0 Å². The molecule has 0 radical (unpaired) electrons. The fourth-order valence-corrected chi connectivity index (χ4v) is 5.84. The third-order valence-corrected chi connectivity index (χ3v) is 8.31. The number of aliphatic carboxylic acids is 1. The van der Waals surface area contributed by atoms with E-state index in [-0.39, 0.29) is 25.1 Å². The van der Waals surface area contributed by atoms with Crippen molar-refractivity contribution in [3.05, 3.63) is 92.4 Å². The number of benzene rings is 2. The standard InChI is InChI=1S/C36H48N8O6/c1-3-19-44-35(49)32-33(41-29(42(32)21-18-38-4-2)23-25-11-6-5-7-12-25)43(36(44)50)20-16-26-13-10-14-27(22-26)39-34(48)28(24-31(46)47)40-30(45)15-8-9-17-37/h5-7,10-14,22,28,38H,3-4,8-9,15-21,23-24,37H2,1-2H3,(H,39,48)(H,40,45)(H,46,47). The van der Waals surface area contributed by atoms with Gasteiger partial charge in [0.2, 0.25) is 11.8 Å². The van der Waals surface area contributed by atoms with Crippen LogP contribution in [0.2, 0.25) is 0 Å². The van der Waals surface area contributed by atoms with Crippen molar-refractivity contribution < 1.29 is 19.5 Å². The number of carbonyl (C=O) groups excluding carboxylic acids is 2. The fourth-order valence-electron chi connectivity index (χ4n) is 5.84. The number of nitrogens with one attached hydrogen (secondary N) is 3. The summed E-state index contributed by atoms with van der Waals surface area (Å²) in [4.78, 5) is 69.5. The molecule has 4 rings (SSSR count). The number of carboxylic acid groups (broad SMARTS) is 1. The van der Waals surface area contributed by atoms with Crippen molar-refractivity contribution in [1.82, 2.24) is 29.3 Å². The minimum absolute atomic E-state index is 0.135. The van der Waals surface area contributed by atoms with Crippen molar-refractivity contribution in [3.8, 4) is 0 Å².